The van der Waals surface area contributed by atoms with E-state index in [1.807, 2.05) is 19.9 Å². The number of nitrogens with zero attached hydrogens (tertiary/aromatic N) is 1. The number of ketones is 1. The molecular formula is C20H26N2O4S. The summed E-state index contributed by atoms with van der Waals surface area (Å²) in [5.74, 6) is 0.259. The molecule has 1 aliphatic heterocycles. The van der Waals surface area contributed by atoms with Gasteiger partial charge in [-0.15, -0.1) is 0 Å². The number of sulfonamides is 1. The first-order valence-corrected chi connectivity index (χ1v) is 11.2. The molecular weight excluding hydrogens is 364 g/mol. The van der Waals surface area contributed by atoms with Crippen LogP contribution < -0.4 is 9.62 Å². The standard InChI is InChI=1S/C20H26N2O4S/c1-19(2)14-8-9-20(19,17(23)11-14)13-27(25,26)21-15-5-3-6-16(12-15)22-10-4-7-18(22)24/h3,5-6,12,14,21H,4,7-11,13H2,1-2H3. The van der Waals surface area contributed by atoms with Gasteiger partial charge in [0.05, 0.1) is 16.9 Å². The Labute approximate surface area is 160 Å². The molecule has 2 saturated carbocycles. The van der Waals surface area contributed by atoms with E-state index in [-0.39, 0.29) is 28.8 Å². The number of fused-ring (bicyclic) bond motifs is 2. The first-order valence-electron chi connectivity index (χ1n) is 9.59. The van der Waals surface area contributed by atoms with Crippen molar-refractivity contribution in [1.82, 2.24) is 0 Å². The molecule has 146 valence electrons. The molecule has 1 aromatic rings. The minimum Gasteiger partial charge on any atom is -0.312 e. The van der Waals surface area contributed by atoms with Gasteiger partial charge < -0.3 is 4.90 Å². The van der Waals surface area contributed by atoms with Crippen LogP contribution >= 0.6 is 0 Å². The summed E-state index contributed by atoms with van der Waals surface area (Å²) in [5, 5.41) is 0. The third kappa shape index (κ3) is 2.87. The number of hydrogen-bond donors (Lipinski definition) is 1. The summed E-state index contributed by atoms with van der Waals surface area (Å²) in [4.78, 5) is 26.3. The maximum atomic E-state index is 12.9. The van der Waals surface area contributed by atoms with E-state index in [0.29, 0.717) is 37.2 Å². The van der Waals surface area contributed by atoms with Crippen LogP contribution in [0.5, 0.6) is 0 Å². The van der Waals surface area contributed by atoms with Crippen LogP contribution in [0.15, 0.2) is 24.3 Å². The van der Waals surface area contributed by atoms with E-state index < -0.39 is 15.4 Å². The van der Waals surface area contributed by atoms with E-state index in [1.165, 1.54) is 0 Å². The number of carbonyl (C=O) groups excluding carboxylic acids is 2. The molecule has 1 N–H and O–H groups in total. The van der Waals surface area contributed by atoms with Gasteiger partial charge in [0.1, 0.15) is 5.78 Å². The molecule has 2 aliphatic carbocycles. The summed E-state index contributed by atoms with van der Waals surface area (Å²) in [6, 6.07) is 6.92. The van der Waals surface area contributed by atoms with E-state index in [4.69, 9.17) is 0 Å². The molecule has 7 heteroatoms. The lowest BCUT2D eigenvalue weighted by molar-refractivity contribution is -0.128. The van der Waals surface area contributed by atoms with Gasteiger partial charge >= 0.3 is 0 Å². The molecule has 27 heavy (non-hydrogen) atoms. The average Bonchev–Trinajstić information content (AvgIpc) is 3.16. The molecule has 1 amide bonds. The number of anilines is 2. The first-order chi connectivity index (χ1) is 12.6. The van der Waals surface area contributed by atoms with Crippen molar-refractivity contribution in [2.24, 2.45) is 16.7 Å². The van der Waals surface area contributed by atoms with Crippen LogP contribution in [-0.4, -0.2) is 32.4 Å². The number of hydrogen-bond acceptors (Lipinski definition) is 4. The van der Waals surface area contributed by atoms with Crippen LogP contribution in [0.1, 0.15) is 46.0 Å². The topological polar surface area (TPSA) is 83.6 Å². The molecule has 2 unspecified atom stereocenters. The Kier molecular flexibility index (Phi) is 4.14. The number of carbonyl (C=O) groups is 2. The maximum Gasteiger partial charge on any atom is 0.233 e. The fraction of sp³-hybridized carbons (Fsp3) is 0.600. The van der Waals surface area contributed by atoms with Crippen LogP contribution in [0.4, 0.5) is 11.4 Å². The number of nitrogens with one attached hydrogen (secondary N) is 1. The fourth-order valence-electron chi connectivity index (χ4n) is 5.31. The third-order valence-corrected chi connectivity index (χ3v) is 8.50. The summed E-state index contributed by atoms with van der Waals surface area (Å²) in [5.41, 5.74) is 0.0600. The quantitative estimate of drug-likeness (QED) is 0.838. The minimum absolute atomic E-state index is 0.0594. The molecule has 0 spiro atoms. The van der Waals surface area contributed by atoms with Gasteiger partial charge in [0.25, 0.3) is 0 Å². The lowest BCUT2D eigenvalue weighted by Gasteiger charge is -2.36. The van der Waals surface area contributed by atoms with Gasteiger partial charge in [-0.1, -0.05) is 19.9 Å². The summed E-state index contributed by atoms with van der Waals surface area (Å²) < 4.78 is 28.5. The molecule has 3 fully saturated rings. The van der Waals surface area contributed by atoms with E-state index in [9.17, 15) is 18.0 Å². The summed E-state index contributed by atoms with van der Waals surface area (Å²) in [6.45, 7) is 4.72. The van der Waals surface area contributed by atoms with Crippen LogP contribution in [0.25, 0.3) is 0 Å². The lowest BCUT2D eigenvalue weighted by Crippen LogP contribution is -2.43. The molecule has 2 bridgehead atoms. The second-order valence-electron chi connectivity index (χ2n) is 8.73. The van der Waals surface area contributed by atoms with Gasteiger partial charge in [-0.05, 0) is 48.8 Å². The minimum atomic E-state index is -3.69. The highest BCUT2D eigenvalue weighted by Gasteiger charge is 2.65. The molecule has 2 atom stereocenters. The molecule has 0 radical (unpaired) electrons. The van der Waals surface area contributed by atoms with Crippen molar-refractivity contribution in [3.63, 3.8) is 0 Å². The molecule has 1 saturated heterocycles. The number of rotatable bonds is 5. The van der Waals surface area contributed by atoms with Crippen molar-refractivity contribution in [3.05, 3.63) is 24.3 Å². The highest BCUT2D eigenvalue weighted by atomic mass is 32.2. The monoisotopic (exact) mass is 390 g/mol. The van der Waals surface area contributed by atoms with Gasteiger partial charge in [-0.3, -0.25) is 14.3 Å². The van der Waals surface area contributed by atoms with E-state index in [1.54, 1.807) is 23.1 Å². The van der Waals surface area contributed by atoms with Gasteiger partial charge in [-0.25, -0.2) is 8.42 Å². The Morgan fingerprint density at radius 3 is 2.63 bits per heavy atom. The Morgan fingerprint density at radius 1 is 1.26 bits per heavy atom. The first kappa shape index (κ1) is 18.5. The summed E-state index contributed by atoms with van der Waals surface area (Å²) in [7, 11) is -3.69. The molecule has 4 rings (SSSR count). The molecule has 1 heterocycles. The average molecular weight is 391 g/mol. The second-order valence-corrected chi connectivity index (χ2v) is 10.4. The fourth-order valence-corrected chi connectivity index (χ4v) is 7.19. The van der Waals surface area contributed by atoms with Crippen molar-refractivity contribution in [2.75, 3.05) is 21.9 Å². The Hall–Kier alpha value is -1.89. The highest BCUT2D eigenvalue weighted by molar-refractivity contribution is 7.92. The zero-order chi connectivity index (χ0) is 19.4. The second kappa shape index (κ2) is 6.06. The number of Topliss-reactive ketones (excluding diaryl/α,β-unsaturated/α-hetero) is 1. The Morgan fingerprint density at radius 2 is 2.04 bits per heavy atom. The van der Waals surface area contributed by atoms with Gasteiger partial charge in [0.15, 0.2) is 0 Å². The zero-order valence-corrected chi connectivity index (χ0v) is 16.6. The van der Waals surface area contributed by atoms with Crippen molar-refractivity contribution in [3.8, 4) is 0 Å². The van der Waals surface area contributed by atoms with E-state index in [0.717, 1.165) is 12.8 Å². The maximum absolute atomic E-state index is 12.9. The zero-order valence-electron chi connectivity index (χ0n) is 15.8. The Balaban J connectivity index is 1.56. The SMILES string of the molecule is CC1(C)C2CCC1(CS(=O)(=O)Nc1cccc(N3CCCC3=O)c1)C(=O)C2. The predicted molar refractivity (Wildman–Crippen MR) is 104 cm³/mol. The third-order valence-electron chi connectivity index (χ3n) is 7.08. The van der Waals surface area contributed by atoms with Crippen LogP contribution in [-0.2, 0) is 19.6 Å². The van der Waals surface area contributed by atoms with Crippen molar-refractivity contribution < 1.29 is 18.0 Å². The van der Waals surface area contributed by atoms with Crippen molar-refractivity contribution in [2.45, 2.75) is 46.0 Å². The molecule has 6 nitrogen and oxygen atoms in total. The number of benzene rings is 1. The van der Waals surface area contributed by atoms with Crippen LogP contribution in [0.3, 0.4) is 0 Å². The highest BCUT2D eigenvalue weighted by Crippen LogP contribution is 2.64. The molecule has 1 aromatic carbocycles. The number of amides is 1. The van der Waals surface area contributed by atoms with E-state index >= 15 is 0 Å². The Bertz CT molecular complexity index is 908. The van der Waals surface area contributed by atoms with Crippen molar-refractivity contribution >= 4 is 33.1 Å². The largest absolute Gasteiger partial charge is 0.312 e. The predicted octanol–water partition coefficient (Wildman–Crippen LogP) is 2.95. The summed E-state index contributed by atoms with van der Waals surface area (Å²) in [6.07, 6.45) is 3.40. The van der Waals surface area contributed by atoms with Gasteiger partial charge in [0, 0.05) is 25.1 Å². The van der Waals surface area contributed by atoms with Gasteiger partial charge in [-0.2, -0.15) is 0 Å². The lowest BCUT2D eigenvalue weighted by atomic mass is 9.70. The van der Waals surface area contributed by atoms with Crippen molar-refractivity contribution in [1.29, 1.82) is 0 Å². The van der Waals surface area contributed by atoms with Gasteiger partial charge in [0.2, 0.25) is 15.9 Å². The van der Waals surface area contributed by atoms with Crippen LogP contribution in [0.2, 0.25) is 0 Å². The molecule has 3 aliphatic rings. The smallest absolute Gasteiger partial charge is 0.233 e. The molecule has 0 aromatic heterocycles. The van der Waals surface area contributed by atoms with E-state index in [2.05, 4.69) is 4.72 Å². The summed E-state index contributed by atoms with van der Waals surface area (Å²) >= 11 is 0. The van der Waals surface area contributed by atoms with Crippen LogP contribution in [0, 0.1) is 16.7 Å². The normalized spacial score (nSPS) is 29.6.